The van der Waals surface area contributed by atoms with E-state index in [1.807, 2.05) is 45.3 Å². The Labute approximate surface area is 180 Å². The second-order valence-electron chi connectivity index (χ2n) is 9.49. The first-order chi connectivity index (χ1) is 13.7. The van der Waals surface area contributed by atoms with Crippen LogP contribution in [0, 0.1) is 0 Å². The number of urea groups is 1. The number of hydrogen-bond acceptors (Lipinski definition) is 5. The maximum atomic E-state index is 13.5. The molecule has 9 heteroatoms. The van der Waals surface area contributed by atoms with Crippen LogP contribution in [0.5, 0.6) is 0 Å². The Morgan fingerprint density at radius 2 is 1.40 bits per heavy atom. The highest BCUT2D eigenvalue weighted by Gasteiger charge is 2.57. The molecule has 0 aromatic heterocycles. The molecule has 4 amide bonds. The van der Waals surface area contributed by atoms with E-state index in [1.165, 1.54) is 14.1 Å². The molecule has 2 rings (SSSR count). The minimum Gasteiger partial charge on any atom is -0.547 e. The third-order valence-electron chi connectivity index (χ3n) is 4.60. The van der Waals surface area contributed by atoms with Gasteiger partial charge in [0.1, 0.15) is 12.0 Å². The first kappa shape index (κ1) is 23.9. The Morgan fingerprint density at radius 3 is 1.83 bits per heavy atom. The lowest BCUT2D eigenvalue weighted by Gasteiger charge is -2.42. The quantitative estimate of drug-likeness (QED) is 0.359. The van der Waals surface area contributed by atoms with Crippen molar-refractivity contribution in [2.24, 2.45) is 0 Å². The van der Waals surface area contributed by atoms with Crippen molar-refractivity contribution in [1.82, 2.24) is 9.80 Å². The molecular formula is C21H32N2O5Si2. The van der Waals surface area contributed by atoms with Crippen molar-refractivity contribution in [3.63, 3.8) is 0 Å². The van der Waals surface area contributed by atoms with Crippen LogP contribution in [-0.2, 0) is 23.9 Å². The average molecular weight is 449 g/mol. The second-order valence-corrected chi connectivity index (χ2v) is 18.4. The normalized spacial score (nSPS) is 18.0. The van der Waals surface area contributed by atoms with Crippen LogP contribution in [0.2, 0.25) is 39.3 Å². The van der Waals surface area contributed by atoms with Gasteiger partial charge in [0.2, 0.25) is 16.6 Å². The van der Waals surface area contributed by atoms with Gasteiger partial charge < -0.3 is 8.85 Å². The van der Waals surface area contributed by atoms with Gasteiger partial charge in [-0.05, 0) is 44.8 Å². The molecular weight excluding hydrogens is 416 g/mol. The lowest BCUT2D eigenvalue weighted by molar-refractivity contribution is -0.150. The van der Waals surface area contributed by atoms with Crippen molar-refractivity contribution in [1.29, 1.82) is 0 Å². The molecule has 7 nitrogen and oxygen atoms in total. The zero-order valence-corrected chi connectivity index (χ0v) is 21.1. The highest BCUT2D eigenvalue weighted by molar-refractivity contribution is 6.70. The van der Waals surface area contributed by atoms with E-state index in [0.717, 1.165) is 9.80 Å². The molecule has 1 heterocycles. The van der Waals surface area contributed by atoms with Crippen LogP contribution < -0.4 is 0 Å². The van der Waals surface area contributed by atoms with Crippen LogP contribution in [0.15, 0.2) is 42.4 Å². The van der Waals surface area contributed by atoms with Crippen molar-refractivity contribution in [3.05, 3.63) is 47.9 Å². The van der Waals surface area contributed by atoms with E-state index in [0.29, 0.717) is 11.3 Å². The third kappa shape index (κ3) is 5.01. The largest absolute Gasteiger partial charge is 0.547 e. The van der Waals surface area contributed by atoms with Gasteiger partial charge >= 0.3 is 6.03 Å². The van der Waals surface area contributed by atoms with Gasteiger partial charge in [-0.15, -0.1) is 0 Å². The number of allylic oxidation sites excluding steroid dienone is 1. The number of carbonyl (C=O) groups is 3. The molecule has 0 atom stereocenters. The second kappa shape index (κ2) is 8.39. The van der Waals surface area contributed by atoms with Crippen LogP contribution in [-0.4, -0.2) is 58.4 Å². The van der Waals surface area contributed by atoms with Crippen molar-refractivity contribution in [2.45, 2.75) is 51.1 Å². The number of amides is 4. The van der Waals surface area contributed by atoms with Crippen LogP contribution in [0.25, 0.3) is 0 Å². The Bertz CT molecular complexity index is 832. The monoisotopic (exact) mass is 448 g/mol. The lowest BCUT2D eigenvalue weighted by atomic mass is 9.73. The summed E-state index contributed by atoms with van der Waals surface area (Å²) >= 11 is 0. The molecule has 0 spiro atoms. The van der Waals surface area contributed by atoms with Crippen LogP contribution in [0.1, 0.15) is 12.0 Å². The molecule has 1 aromatic rings. The van der Waals surface area contributed by atoms with Crippen LogP contribution in [0.3, 0.4) is 0 Å². The molecule has 1 aliphatic rings. The Morgan fingerprint density at radius 1 is 0.900 bits per heavy atom. The molecule has 0 aliphatic carbocycles. The highest BCUT2D eigenvalue weighted by Crippen LogP contribution is 2.39. The van der Waals surface area contributed by atoms with Crippen LogP contribution >= 0.6 is 0 Å². The van der Waals surface area contributed by atoms with E-state index in [-0.39, 0.29) is 6.42 Å². The van der Waals surface area contributed by atoms with Gasteiger partial charge in [-0.1, -0.05) is 30.3 Å². The predicted molar refractivity (Wildman–Crippen MR) is 121 cm³/mol. The van der Waals surface area contributed by atoms with Gasteiger partial charge in [-0.2, -0.15) is 0 Å². The van der Waals surface area contributed by atoms with Crippen molar-refractivity contribution in [3.8, 4) is 0 Å². The fourth-order valence-corrected chi connectivity index (χ4v) is 4.68. The molecule has 0 unspecified atom stereocenters. The molecule has 0 bridgehead atoms. The number of hydrogen-bond donors (Lipinski definition) is 0. The summed E-state index contributed by atoms with van der Waals surface area (Å²) in [5.74, 6) is -0.696. The molecule has 0 saturated carbocycles. The van der Waals surface area contributed by atoms with Crippen molar-refractivity contribution < 1.29 is 23.2 Å². The molecule has 164 valence electrons. The lowest BCUT2D eigenvalue weighted by Crippen LogP contribution is -2.65. The molecule has 1 aromatic carbocycles. The zero-order chi connectivity index (χ0) is 22.9. The summed E-state index contributed by atoms with van der Waals surface area (Å²) in [6.07, 6.45) is 1.54. The fraction of sp³-hybridized carbons (Fsp3) is 0.476. The first-order valence-corrected chi connectivity index (χ1v) is 16.7. The van der Waals surface area contributed by atoms with E-state index in [9.17, 15) is 14.4 Å². The number of imide groups is 2. The zero-order valence-electron chi connectivity index (χ0n) is 19.1. The van der Waals surface area contributed by atoms with Gasteiger partial charge in [0, 0.05) is 20.5 Å². The number of likely N-dealkylation sites (N-methyl/N-ethyl adjacent to an activating group) is 2. The standard InChI is InChI=1S/C21H32N2O5Si2/c1-22-18(24)21(16-12-10-9-11-13-16,19(25)23(2)20(22)26)14-17(28-30(6,7)8)15-27-29(3,4)5/h9-13,15H,14H2,1-8H3. The first-order valence-electron chi connectivity index (χ1n) is 9.91. The van der Waals surface area contributed by atoms with E-state index in [4.69, 9.17) is 8.85 Å². The summed E-state index contributed by atoms with van der Waals surface area (Å²) in [7, 11) is -1.21. The van der Waals surface area contributed by atoms with Gasteiger partial charge in [0.15, 0.2) is 5.41 Å². The molecule has 1 fully saturated rings. The number of carbonyl (C=O) groups excluding carboxylic acids is 3. The average Bonchev–Trinajstić information content (AvgIpc) is 2.65. The Kier molecular flexibility index (Phi) is 6.67. The van der Waals surface area contributed by atoms with Gasteiger partial charge in [0.25, 0.3) is 11.8 Å². The van der Waals surface area contributed by atoms with Gasteiger partial charge in [0.05, 0.1) is 0 Å². The summed E-state index contributed by atoms with van der Waals surface area (Å²) in [6, 6.07) is 8.19. The van der Waals surface area contributed by atoms with Gasteiger partial charge in [-0.25, -0.2) is 4.79 Å². The highest BCUT2D eigenvalue weighted by atomic mass is 28.4. The Balaban J connectivity index is 2.66. The van der Waals surface area contributed by atoms with Gasteiger partial charge in [-0.3, -0.25) is 19.4 Å². The maximum absolute atomic E-state index is 13.5. The van der Waals surface area contributed by atoms with E-state index in [1.54, 1.807) is 30.5 Å². The third-order valence-corrected chi connectivity index (χ3v) is 6.30. The van der Waals surface area contributed by atoms with E-state index in [2.05, 4.69) is 0 Å². The molecule has 0 N–H and O–H groups in total. The summed E-state index contributed by atoms with van der Waals surface area (Å²) in [5.41, 5.74) is -1.09. The summed E-state index contributed by atoms with van der Waals surface area (Å²) in [5, 5.41) is 0. The van der Waals surface area contributed by atoms with E-state index >= 15 is 0 Å². The summed E-state index contributed by atoms with van der Waals surface area (Å²) < 4.78 is 12.2. The predicted octanol–water partition coefficient (Wildman–Crippen LogP) is 3.91. The van der Waals surface area contributed by atoms with E-state index < -0.39 is 39.9 Å². The topological polar surface area (TPSA) is 76.2 Å². The minimum atomic E-state index is -2.08. The fourth-order valence-electron chi connectivity index (χ4n) is 3.28. The number of benzene rings is 1. The molecule has 1 aliphatic heterocycles. The molecule has 0 radical (unpaired) electrons. The number of nitrogens with zero attached hydrogens (tertiary/aromatic N) is 2. The number of rotatable bonds is 7. The smallest absolute Gasteiger partial charge is 0.332 e. The molecule has 30 heavy (non-hydrogen) atoms. The van der Waals surface area contributed by atoms with Crippen molar-refractivity contribution >= 4 is 34.5 Å². The summed E-state index contributed by atoms with van der Waals surface area (Å²) in [4.78, 5) is 41.3. The van der Waals surface area contributed by atoms with Crippen molar-refractivity contribution in [2.75, 3.05) is 14.1 Å². The number of barbiturate groups is 1. The van der Waals surface area contributed by atoms with Crippen LogP contribution in [0.4, 0.5) is 4.79 Å². The SMILES string of the molecule is CN1C(=O)N(C)C(=O)C(CC(=CO[Si](C)(C)C)O[Si](C)(C)C)(c2ccccc2)C1=O. The minimum absolute atomic E-state index is 0.0224. The maximum Gasteiger partial charge on any atom is 0.332 e. The Hall–Kier alpha value is -2.40. The summed E-state index contributed by atoms with van der Waals surface area (Å²) in [6.45, 7) is 12.2. The molecule has 1 saturated heterocycles.